The van der Waals surface area contributed by atoms with E-state index in [1.807, 2.05) is 31.2 Å². The van der Waals surface area contributed by atoms with E-state index >= 15 is 0 Å². The molecule has 208 valence electrons. The van der Waals surface area contributed by atoms with E-state index < -0.39 is 17.9 Å². The fraction of sp³-hybridized carbons (Fsp3) is 0.444. The first-order valence-corrected chi connectivity index (χ1v) is 12.8. The number of nitrogens with one attached hydrogen (secondary N) is 3. The molecule has 12 heteroatoms. The summed E-state index contributed by atoms with van der Waals surface area (Å²) in [6.45, 7) is 3.07. The second-order valence-electron chi connectivity index (χ2n) is 9.55. The van der Waals surface area contributed by atoms with E-state index in [0.29, 0.717) is 25.9 Å². The summed E-state index contributed by atoms with van der Waals surface area (Å²) < 4.78 is 16.3. The normalized spacial score (nSPS) is 15.2. The van der Waals surface area contributed by atoms with Gasteiger partial charge in [0.25, 0.3) is 11.8 Å². The monoisotopic (exact) mass is 539 g/mol. The zero-order valence-electron chi connectivity index (χ0n) is 22.2. The van der Waals surface area contributed by atoms with Crippen LogP contribution in [0.5, 0.6) is 11.6 Å². The quantitative estimate of drug-likeness (QED) is 0.432. The van der Waals surface area contributed by atoms with Crippen LogP contribution in [0.3, 0.4) is 0 Å². The summed E-state index contributed by atoms with van der Waals surface area (Å²) in [4.78, 5) is 55.9. The molecule has 1 saturated heterocycles. The SMILES string of the molecule is COC(=O)N1CCC(Oc2cc(C(=O)NCc3ccc(C)cc3)c(OC)nc2C(=O)NNC(=O)C2CC2)CC1. The fourth-order valence-corrected chi connectivity index (χ4v) is 4.12. The number of carbonyl (C=O) groups excluding carboxylic acids is 4. The van der Waals surface area contributed by atoms with Gasteiger partial charge in [-0.05, 0) is 25.3 Å². The molecular weight excluding hydrogens is 506 g/mol. The van der Waals surface area contributed by atoms with E-state index in [4.69, 9.17) is 14.2 Å². The second kappa shape index (κ2) is 12.5. The van der Waals surface area contributed by atoms with Gasteiger partial charge in [0.1, 0.15) is 11.7 Å². The number of aryl methyl sites for hydroxylation is 1. The van der Waals surface area contributed by atoms with Crippen molar-refractivity contribution >= 4 is 23.8 Å². The third-order valence-electron chi connectivity index (χ3n) is 6.60. The van der Waals surface area contributed by atoms with Crippen molar-refractivity contribution in [3.05, 3.63) is 52.7 Å². The maximum atomic E-state index is 13.1. The van der Waals surface area contributed by atoms with E-state index in [0.717, 1.165) is 24.0 Å². The van der Waals surface area contributed by atoms with Gasteiger partial charge in [0, 0.05) is 44.5 Å². The summed E-state index contributed by atoms with van der Waals surface area (Å²) in [6.07, 6.45) is 1.75. The number of ether oxygens (including phenoxy) is 3. The number of methoxy groups -OCH3 is 2. The van der Waals surface area contributed by atoms with Crippen LogP contribution in [0, 0.1) is 12.8 Å². The molecule has 0 unspecified atom stereocenters. The molecule has 1 aliphatic heterocycles. The maximum Gasteiger partial charge on any atom is 0.409 e. The van der Waals surface area contributed by atoms with Crippen LogP contribution in [-0.2, 0) is 16.1 Å². The minimum Gasteiger partial charge on any atom is -0.488 e. The van der Waals surface area contributed by atoms with Crippen molar-refractivity contribution in [3.63, 3.8) is 0 Å². The second-order valence-corrected chi connectivity index (χ2v) is 9.55. The molecule has 0 spiro atoms. The number of pyridine rings is 1. The zero-order valence-corrected chi connectivity index (χ0v) is 22.2. The molecule has 0 bridgehead atoms. The molecule has 2 aliphatic rings. The number of hydrazine groups is 1. The number of benzene rings is 1. The number of aromatic nitrogens is 1. The van der Waals surface area contributed by atoms with Crippen molar-refractivity contribution in [2.45, 2.75) is 45.3 Å². The number of amides is 4. The van der Waals surface area contributed by atoms with Crippen LogP contribution in [0.1, 0.15) is 57.7 Å². The Bertz CT molecular complexity index is 1220. The Labute approximate surface area is 226 Å². The average molecular weight is 540 g/mol. The first-order valence-electron chi connectivity index (χ1n) is 12.8. The van der Waals surface area contributed by atoms with Gasteiger partial charge in [-0.3, -0.25) is 25.2 Å². The number of piperidine rings is 1. The standard InChI is InChI=1S/C27H33N5O7/c1-16-4-6-17(7-5-16)15-28-24(34)20-14-21(39-19-10-12-32(13-11-19)27(36)38-3)22(29-26(20)37-2)25(35)31-30-23(33)18-8-9-18/h4-7,14,18-19H,8-13,15H2,1-3H3,(H,28,34)(H,30,33)(H,31,35). The third-order valence-corrected chi connectivity index (χ3v) is 6.60. The van der Waals surface area contributed by atoms with Crippen molar-refractivity contribution in [2.75, 3.05) is 27.3 Å². The van der Waals surface area contributed by atoms with E-state index in [1.165, 1.54) is 20.3 Å². The van der Waals surface area contributed by atoms with Crippen molar-refractivity contribution in [2.24, 2.45) is 5.92 Å². The molecule has 2 fully saturated rings. The van der Waals surface area contributed by atoms with Gasteiger partial charge < -0.3 is 24.4 Å². The molecular formula is C27H33N5O7. The molecule has 2 aromatic rings. The summed E-state index contributed by atoms with van der Waals surface area (Å²) >= 11 is 0. The van der Waals surface area contributed by atoms with E-state index in [1.54, 1.807) is 4.90 Å². The lowest BCUT2D eigenvalue weighted by Crippen LogP contribution is -2.43. The number of hydrogen-bond acceptors (Lipinski definition) is 8. The van der Waals surface area contributed by atoms with Gasteiger partial charge in [-0.25, -0.2) is 9.78 Å². The molecule has 0 atom stereocenters. The highest BCUT2D eigenvalue weighted by molar-refractivity contribution is 6.00. The topological polar surface area (TPSA) is 148 Å². The van der Waals surface area contributed by atoms with Crippen LogP contribution in [0.4, 0.5) is 4.79 Å². The van der Waals surface area contributed by atoms with Crippen LogP contribution in [0.25, 0.3) is 0 Å². The van der Waals surface area contributed by atoms with Gasteiger partial charge in [0.15, 0.2) is 11.4 Å². The Morgan fingerprint density at radius 3 is 2.28 bits per heavy atom. The van der Waals surface area contributed by atoms with Crippen LogP contribution in [0.15, 0.2) is 30.3 Å². The molecule has 1 aromatic carbocycles. The van der Waals surface area contributed by atoms with Crippen molar-refractivity contribution in [1.82, 2.24) is 26.1 Å². The van der Waals surface area contributed by atoms with Crippen molar-refractivity contribution < 1.29 is 33.4 Å². The Morgan fingerprint density at radius 2 is 1.67 bits per heavy atom. The lowest BCUT2D eigenvalue weighted by atomic mass is 10.1. The minimum atomic E-state index is -0.712. The van der Waals surface area contributed by atoms with Crippen LogP contribution in [-0.4, -0.2) is 67.1 Å². The number of nitrogens with zero attached hydrogens (tertiary/aromatic N) is 2. The minimum absolute atomic E-state index is 0.0611. The van der Waals surface area contributed by atoms with Crippen molar-refractivity contribution in [1.29, 1.82) is 0 Å². The summed E-state index contributed by atoms with van der Waals surface area (Å²) in [5.74, 6) is -1.56. The van der Waals surface area contributed by atoms with Gasteiger partial charge in [0.05, 0.1) is 14.2 Å². The Kier molecular flexibility index (Phi) is 8.84. The first-order chi connectivity index (χ1) is 18.8. The Morgan fingerprint density at radius 1 is 0.974 bits per heavy atom. The highest BCUT2D eigenvalue weighted by Crippen LogP contribution is 2.30. The molecule has 2 heterocycles. The lowest BCUT2D eigenvalue weighted by molar-refractivity contribution is -0.123. The van der Waals surface area contributed by atoms with Crippen LogP contribution >= 0.6 is 0 Å². The molecule has 39 heavy (non-hydrogen) atoms. The highest BCUT2D eigenvalue weighted by atomic mass is 16.5. The van der Waals surface area contributed by atoms with Gasteiger partial charge in [-0.1, -0.05) is 29.8 Å². The number of likely N-dealkylation sites (tertiary alicyclic amines) is 1. The van der Waals surface area contributed by atoms with E-state index in [9.17, 15) is 19.2 Å². The fourth-order valence-electron chi connectivity index (χ4n) is 4.12. The zero-order chi connectivity index (χ0) is 27.9. The van der Waals surface area contributed by atoms with Crippen LogP contribution < -0.4 is 25.6 Å². The predicted molar refractivity (Wildman–Crippen MR) is 139 cm³/mol. The molecule has 12 nitrogen and oxygen atoms in total. The highest BCUT2D eigenvalue weighted by Gasteiger charge is 2.31. The molecule has 3 N–H and O–H groups in total. The van der Waals surface area contributed by atoms with Gasteiger partial charge in [-0.15, -0.1) is 0 Å². The maximum absolute atomic E-state index is 13.1. The summed E-state index contributed by atoms with van der Waals surface area (Å²) in [6, 6.07) is 9.17. The first kappa shape index (κ1) is 27.7. The summed E-state index contributed by atoms with van der Waals surface area (Å²) in [5.41, 5.74) is 6.74. The van der Waals surface area contributed by atoms with E-state index in [-0.39, 0.29) is 47.4 Å². The van der Waals surface area contributed by atoms with Gasteiger partial charge in [0.2, 0.25) is 11.8 Å². The van der Waals surface area contributed by atoms with Gasteiger partial charge >= 0.3 is 6.09 Å². The van der Waals surface area contributed by atoms with Gasteiger partial charge in [-0.2, -0.15) is 0 Å². The largest absolute Gasteiger partial charge is 0.488 e. The average Bonchev–Trinajstić information content (AvgIpc) is 3.81. The Hall–Kier alpha value is -4.35. The van der Waals surface area contributed by atoms with Crippen molar-refractivity contribution in [3.8, 4) is 11.6 Å². The molecule has 1 saturated carbocycles. The lowest BCUT2D eigenvalue weighted by Gasteiger charge is -2.31. The predicted octanol–water partition coefficient (Wildman–Crippen LogP) is 2.11. The molecule has 1 aliphatic carbocycles. The molecule has 4 amide bonds. The number of rotatable bonds is 8. The molecule has 4 rings (SSSR count). The summed E-state index contributed by atoms with van der Waals surface area (Å²) in [7, 11) is 2.67. The van der Waals surface area contributed by atoms with Crippen LogP contribution in [0.2, 0.25) is 0 Å². The Balaban J connectivity index is 1.54. The summed E-state index contributed by atoms with van der Waals surface area (Å²) in [5, 5.41) is 2.84. The third kappa shape index (κ3) is 7.15. The molecule has 0 radical (unpaired) electrons. The number of hydrogen-bond donors (Lipinski definition) is 3. The number of carbonyl (C=O) groups is 4. The molecule has 1 aromatic heterocycles. The van der Waals surface area contributed by atoms with E-state index in [2.05, 4.69) is 21.2 Å². The smallest absolute Gasteiger partial charge is 0.409 e.